The lowest BCUT2D eigenvalue weighted by molar-refractivity contribution is 0.0741. The lowest BCUT2D eigenvalue weighted by Gasteiger charge is -2.22. The Morgan fingerprint density at radius 3 is 2.52 bits per heavy atom. The van der Waals surface area contributed by atoms with E-state index in [4.69, 9.17) is 14.2 Å². The molecule has 0 saturated heterocycles. The third-order valence-electron chi connectivity index (χ3n) is 3.89. The smallest absolute Gasteiger partial charge is 0.127 e. The van der Waals surface area contributed by atoms with Crippen molar-refractivity contribution >= 4 is 0 Å². The van der Waals surface area contributed by atoms with Crippen LogP contribution in [0, 0.1) is 6.92 Å². The second-order valence-electron chi connectivity index (χ2n) is 6.16. The summed E-state index contributed by atoms with van der Waals surface area (Å²) in [4.78, 5) is 2.04. The molecule has 0 aliphatic carbocycles. The highest BCUT2D eigenvalue weighted by Crippen LogP contribution is 2.25. The number of hydrogen-bond acceptors (Lipinski definition) is 5. The summed E-state index contributed by atoms with van der Waals surface area (Å²) < 4.78 is 16.3. The Hall–Kier alpha value is -2.24. The first kappa shape index (κ1) is 19.1. The molecule has 25 heavy (non-hydrogen) atoms. The molecule has 0 fully saturated rings. The summed E-state index contributed by atoms with van der Waals surface area (Å²) in [5, 5.41) is 10.2. The zero-order valence-corrected chi connectivity index (χ0v) is 15.4. The minimum absolute atomic E-state index is 0.257. The Bertz CT molecular complexity index is 674. The minimum atomic E-state index is -0.574. The number of likely N-dealkylation sites (N-methyl/N-ethyl adjacent to an activating group) is 1. The number of aliphatic hydroxyl groups excluding tert-OH is 1. The topological polar surface area (TPSA) is 51.2 Å². The van der Waals surface area contributed by atoms with E-state index in [0.717, 1.165) is 28.4 Å². The normalized spacial score (nSPS) is 12.1. The van der Waals surface area contributed by atoms with Crippen LogP contribution >= 0.6 is 0 Å². The number of benzene rings is 2. The Labute approximate surface area is 149 Å². The molecule has 0 amide bonds. The van der Waals surface area contributed by atoms with Crippen molar-refractivity contribution < 1.29 is 19.3 Å². The van der Waals surface area contributed by atoms with E-state index in [1.54, 1.807) is 14.2 Å². The second kappa shape index (κ2) is 9.30. The molecule has 0 radical (unpaired) electrons. The van der Waals surface area contributed by atoms with Gasteiger partial charge < -0.3 is 19.3 Å². The maximum Gasteiger partial charge on any atom is 0.127 e. The van der Waals surface area contributed by atoms with Crippen LogP contribution in [0.5, 0.6) is 17.2 Å². The second-order valence-corrected chi connectivity index (χ2v) is 6.16. The maximum absolute atomic E-state index is 10.2. The van der Waals surface area contributed by atoms with Gasteiger partial charge in [-0.1, -0.05) is 18.2 Å². The molecule has 2 aromatic carbocycles. The summed E-state index contributed by atoms with van der Waals surface area (Å²) in [7, 11) is 5.23. The van der Waals surface area contributed by atoms with Crippen molar-refractivity contribution in [3.63, 3.8) is 0 Å². The maximum atomic E-state index is 10.2. The first-order chi connectivity index (χ1) is 12.0. The van der Waals surface area contributed by atoms with Gasteiger partial charge in [-0.15, -0.1) is 0 Å². The highest BCUT2D eigenvalue weighted by Gasteiger charge is 2.12. The molecule has 0 aliphatic rings. The lowest BCUT2D eigenvalue weighted by Crippen LogP contribution is -2.32. The molecule has 1 unspecified atom stereocenters. The quantitative estimate of drug-likeness (QED) is 0.757. The van der Waals surface area contributed by atoms with Crippen LogP contribution in [-0.4, -0.2) is 50.5 Å². The summed E-state index contributed by atoms with van der Waals surface area (Å²) >= 11 is 0. The highest BCUT2D eigenvalue weighted by atomic mass is 16.5. The highest BCUT2D eigenvalue weighted by molar-refractivity contribution is 5.40. The van der Waals surface area contributed by atoms with Gasteiger partial charge in [0.2, 0.25) is 0 Å². The number of methoxy groups -OCH3 is 2. The van der Waals surface area contributed by atoms with Gasteiger partial charge in [0.1, 0.15) is 30.0 Å². The summed E-state index contributed by atoms with van der Waals surface area (Å²) in [6.45, 7) is 3.43. The molecule has 0 saturated carbocycles. The molecular weight excluding hydrogens is 318 g/mol. The number of rotatable bonds is 9. The van der Waals surface area contributed by atoms with Gasteiger partial charge in [-0.3, -0.25) is 4.90 Å². The van der Waals surface area contributed by atoms with Gasteiger partial charge in [0, 0.05) is 24.7 Å². The van der Waals surface area contributed by atoms with Crippen LogP contribution in [0.2, 0.25) is 0 Å². The number of aliphatic hydroxyl groups is 1. The van der Waals surface area contributed by atoms with Crippen molar-refractivity contribution in [3.05, 3.63) is 53.6 Å². The lowest BCUT2D eigenvalue weighted by atomic mass is 10.1. The number of nitrogens with zero attached hydrogens (tertiary/aromatic N) is 1. The predicted molar refractivity (Wildman–Crippen MR) is 98.6 cm³/mol. The van der Waals surface area contributed by atoms with Crippen molar-refractivity contribution in [2.45, 2.75) is 19.6 Å². The molecule has 0 bridgehead atoms. The van der Waals surface area contributed by atoms with Gasteiger partial charge in [-0.2, -0.15) is 0 Å². The molecule has 2 rings (SSSR count). The zero-order valence-electron chi connectivity index (χ0n) is 15.4. The van der Waals surface area contributed by atoms with E-state index < -0.39 is 6.10 Å². The monoisotopic (exact) mass is 345 g/mol. The van der Waals surface area contributed by atoms with Gasteiger partial charge in [0.05, 0.1) is 14.2 Å². The van der Waals surface area contributed by atoms with E-state index in [-0.39, 0.29) is 6.61 Å². The van der Waals surface area contributed by atoms with Crippen molar-refractivity contribution in [2.24, 2.45) is 0 Å². The molecule has 1 N–H and O–H groups in total. The van der Waals surface area contributed by atoms with Crippen LogP contribution < -0.4 is 14.2 Å². The Morgan fingerprint density at radius 1 is 1.04 bits per heavy atom. The van der Waals surface area contributed by atoms with E-state index in [2.05, 4.69) is 0 Å². The molecule has 0 spiro atoms. The number of ether oxygens (including phenoxy) is 3. The fourth-order valence-electron chi connectivity index (χ4n) is 2.65. The molecule has 2 aromatic rings. The van der Waals surface area contributed by atoms with E-state index >= 15 is 0 Å². The zero-order chi connectivity index (χ0) is 18.2. The summed E-state index contributed by atoms with van der Waals surface area (Å²) in [6, 6.07) is 13.6. The first-order valence-electron chi connectivity index (χ1n) is 8.28. The van der Waals surface area contributed by atoms with Gasteiger partial charge in [-0.05, 0) is 37.7 Å². The van der Waals surface area contributed by atoms with Crippen LogP contribution in [0.4, 0.5) is 0 Å². The van der Waals surface area contributed by atoms with Crippen molar-refractivity contribution in [1.29, 1.82) is 0 Å². The van der Waals surface area contributed by atoms with Crippen molar-refractivity contribution in [2.75, 3.05) is 34.4 Å². The van der Waals surface area contributed by atoms with E-state index in [1.807, 2.05) is 61.3 Å². The number of aryl methyl sites for hydroxylation is 1. The third-order valence-corrected chi connectivity index (χ3v) is 3.89. The molecular formula is C20H27NO4. The fraction of sp³-hybridized carbons (Fsp3) is 0.400. The third kappa shape index (κ3) is 5.96. The van der Waals surface area contributed by atoms with Crippen molar-refractivity contribution in [3.8, 4) is 17.2 Å². The van der Waals surface area contributed by atoms with Crippen LogP contribution in [0.1, 0.15) is 11.1 Å². The first-order valence-corrected chi connectivity index (χ1v) is 8.28. The van der Waals surface area contributed by atoms with Gasteiger partial charge in [0.25, 0.3) is 0 Å². The fourth-order valence-corrected chi connectivity index (χ4v) is 2.65. The summed E-state index contributed by atoms with van der Waals surface area (Å²) in [5.74, 6) is 2.31. The largest absolute Gasteiger partial charge is 0.497 e. The predicted octanol–water partition coefficient (Wildman–Crippen LogP) is 2.88. The van der Waals surface area contributed by atoms with E-state index in [0.29, 0.717) is 13.1 Å². The average molecular weight is 345 g/mol. The molecule has 1 atom stereocenters. The molecule has 136 valence electrons. The minimum Gasteiger partial charge on any atom is -0.497 e. The molecule has 5 nitrogen and oxygen atoms in total. The van der Waals surface area contributed by atoms with Crippen LogP contribution in [0.3, 0.4) is 0 Å². The van der Waals surface area contributed by atoms with E-state index in [1.165, 1.54) is 0 Å². The van der Waals surface area contributed by atoms with Crippen LogP contribution in [0.25, 0.3) is 0 Å². The van der Waals surface area contributed by atoms with Gasteiger partial charge in [-0.25, -0.2) is 0 Å². The molecule has 0 aromatic heterocycles. The molecule has 5 heteroatoms. The Kier molecular flexibility index (Phi) is 7.10. The Balaban J connectivity index is 1.86. The number of hydrogen-bond donors (Lipinski definition) is 1. The van der Waals surface area contributed by atoms with Crippen LogP contribution in [-0.2, 0) is 6.54 Å². The van der Waals surface area contributed by atoms with Gasteiger partial charge in [0.15, 0.2) is 0 Å². The average Bonchev–Trinajstić information content (AvgIpc) is 2.60. The molecule has 0 heterocycles. The standard InChI is InChI=1S/C20H27NO4/c1-15-6-5-7-19(10-15)25-14-17(22)13-21(2)12-16-8-9-18(23-3)11-20(16)24-4/h5-11,17,22H,12-14H2,1-4H3. The SMILES string of the molecule is COc1ccc(CN(C)CC(O)COc2cccc(C)c2)c(OC)c1. The summed E-state index contributed by atoms with van der Waals surface area (Å²) in [6.07, 6.45) is -0.574. The Morgan fingerprint density at radius 2 is 1.84 bits per heavy atom. The van der Waals surface area contributed by atoms with E-state index in [9.17, 15) is 5.11 Å². The summed E-state index contributed by atoms with van der Waals surface area (Å²) in [5.41, 5.74) is 2.17. The molecule has 0 aliphatic heterocycles. The van der Waals surface area contributed by atoms with Crippen LogP contribution in [0.15, 0.2) is 42.5 Å². The van der Waals surface area contributed by atoms with Gasteiger partial charge >= 0.3 is 0 Å². The van der Waals surface area contributed by atoms with Crippen molar-refractivity contribution in [1.82, 2.24) is 4.90 Å².